The highest BCUT2D eigenvalue weighted by Crippen LogP contribution is 2.36. The summed E-state index contributed by atoms with van der Waals surface area (Å²) < 4.78 is 10.5. The number of carbonyl (C=O) groups is 2. The molecule has 1 aliphatic heterocycles. The van der Waals surface area contributed by atoms with Crippen molar-refractivity contribution < 1.29 is 19.1 Å². The van der Waals surface area contributed by atoms with Crippen molar-refractivity contribution in [2.45, 2.75) is 37.8 Å². The Bertz CT molecular complexity index is 873. The Kier molecular flexibility index (Phi) is 5.43. The molecule has 1 aliphatic carbocycles. The Morgan fingerprint density at radius 3 is 1.93 bits per heavy atom. The standard InChI is InChI=1S/C23H26N2O4/c1-28-19-11-7-16(8-12-19)22-23(27)24(17-5-3-4-6-17)15-21(26)25(22)18-9-13-20(29-2)14-10-18/h7-14,17,22H,3-6,15H2,1-2H3/t22-/m1/s1. The van der Waals surface area contributed by atoms with Crippen molar-refractivity contribution in [1.29, 1.82) is 0 Å². The van der Waals surface area contributed by atoms with Crippen LogP contribution in [0.4, 0.5) is 5.69 Å². The molecule has 0 bridgehead atoms. The van der Waals surface area contributed by atoms with Crippen molar-refractivity contribution in [3.05, 3.63) is 54.1 Å². The molecule has 0 radical (unpaired) electrons. The van der Waals surface area contributed by atoms with E-state index in [9.17, 15) is 9.59 Å². The third-order valence-corrected chi connectivity index (χ3v) is 5.90. The molecule has 6 nitrogen and oxygen atoms in total. The third kappa shape index (κ3) is 3.67. The molecule has 0 N–H and O–H groups in total. The highest BCUT2D eigenvalue weighted by Gasteiger charge is 2.44. The quantitative estimate of drug-likeness (QED) is 0.778. The molecule has 4 rings (SSSR count). The molecule has 2 amide bonds. The Labute approximate surface area is 171 Å². The fourth-order valence-corrected chi connectivity index (χ4v) is 4.35. The number of methoxy groups -OCH3 is 2. The van der Waals surface area contributed by atoms with Gasteiger partial charge in [0.05, 0.1) is 14.2 Å². The maximum Gasteiger partial charge on any atom is 0.251 e. The lowest BCUT2D eigenvalue weighted by Crippen LogP contribution is -2.58. The Morgan fingerprint density at radius 2 is 1.38 bits per heavy atom. The number of hydrogen-bond donors (Lipinski definition) is 0. The largest absolute Gasteiger partial charge is 0.497 e. The molecule has 2 aromatic rings. The van der Waals surface area contributed by atoms with E-state index < -0.39 is 6.04 Å². The number of piperazine rings is 1. The minimum Gasteiger partial charge on any atom is -0.497 e. The van der Waals surface area contributed by atoms with Gasteiger partial charge in [-0.2, -0.15) is 0 Å². The molecule has 0 spiro atoms. The van der Waals surface area contributed by atoms with Crippen LogP contribution in [0.3, 0.4) is 0 Å². The van der Waals surface area contributed by atoms with Gasteiger partial charge in [-0.1, -0.05) is 25.0 Å². The van der Waals surface area contributed by atoms with Crippen LogP contribution in [-0.4, -0.2) is 43.5 Å². The van der Waals surface area contributed by atoms with Crippen molar-refractivity contribution in [2.75, 3.05) is 25.7 Å². The number of benzene rings is 2. The highest BCUT2D eigenvalue weighted by molar-refractivity contribution is 6.07. The van der Waals surface area contributed by atoms with Crippen molar-refractivity contribution >= 4 is 17.5 Å². The number of amides is 2. The van der Waals surface area contributed by atoms with Crippen LogP contribution in [0, 0.1) is 0 Å². The number of anilines is 1. The summed E-state index contributed by atoms with van der Waals surface area (Å²) in [6, 6.07) is 14.1. The minimum atomic E-state index is -0.684. The lowest BCUT2D eigenvalue weighted by molar-refractivity contribution is -0.144. The van der Waals surface area contributed by atoms with Crippen molar-refractivity contribution in [1.82, 2.24) is 4.90 Å². The Morgan fingerprint density at radius 1 is 0.828 bits per heavy atom. The summed E-state index contributed by atoms with van der Waals surface area (Å²) in [6.07, 6.45) is 4.16. The molecule has 152 valence electrons. The average Bonchev–Trinajstić information content (AvgIpc) is 3.30. The van der Waals surface area contributed by atoms with Gasteiger partial charge in [0.1, 0.15) is 24.1 Å². The van der Waals surface area contributed by atoms with E-state index in [1.807, 2.05) is 48.5 Å². The molecule has 2 fully saturated rings. The van der Waals surface area contributed by atoms with E-state index in [0.29, 0.717) is 17.2 Å². The molecule has 2 aromatic carbocycles. The van der Waals surface area contributed by atoms with Crippen molar-refractivity contribution in [2.24, 2.45) is 0 Å². The number of nitrogens with zero attached hydrogens (tertiary/aromatic N) is 2. The summed E-state index contributed by atoms with van der Waals surface area (Å²) in [6.45, 7) is 0.127. The minimum absolute atomic E-state index is 0.0162. The van der Waals surface area contributed by atoms with Gasteiger partial charge >= 0.3 is 0 Å². The van der Waals surface area contributed by atoms with E-state index in [1.165, 1.54) is 0 Å². The SMILES string of the molecule is COc1ccc([C@@H]2C(=O)N(C3CCCC3)CC(=O)N2c2ccc(OC)cc2)cc1. The van der Waals surface area contributed by atoms with Crippen LogP contribution in [-0.2, 0) is 9.59 Å². The van der Waals surface area contributed by atoms with Gasteiger partial charge in [0.25, 0.3) is 5.91 Å². The number of carbonyl (C=O) groups excluding carboxylic acids is 2. The van der Waals surface area contributed by atoms with Crippen LogP contribution in [0.1, 0.15) is 37.3 Å². The van der Waals surface area contributed by atoms with Gasteiger partial charge in [-0.25, -0.2) is 0 Å². The molecule has 29 heavy (non-hydrogen) atoms. The second-order valence-electron chi connectivity index (χ2n) is 7.54. The molecule has 1 atom stereocenters. The summed E-state index contributed by atoms with van der Waals surface area (Å²) in [4.78, 5) is 30.3. The van der Waals surface area contributed by atoms with E-state index in [2.05, 4.69) is 0 Å². The maximum absolute atomic E-state index is 13.6. The molecular weight excluding hydrogens is 368 g/mol. The van der Waals surface area contributed by atoms with Crippen LogP contribution in [0.15, 0.2) is 48.5 Å². The highest BCUT2D eigenvalue weighted by atomic mass is 16.5. The molecular formula is C23H26N2O4. The van der Waals surface area contributed by atoms with Gasteiger partial charge in [0.15, 0.2) is 0 Å². The lowest BCUT2D eigenvalue weighted by Gasteiger charge is -2.42. The number of rotatable bonds is 5. The summed E-state index contributed by atoms with van der Waals surface area (Å²) in [5.41, 5.74) is 1.47. The molecule has 2 aliphatic rings. The zero-order valence-corrected chi connectivity index (χ0v) is 16.8. The summed E-state index contributed by atoms with van der Waals surface area (Å²) in [5.74, 6) is 1.34. The van der Waals surface area contributed by atoms with Crippen LogP contribution < -0.4 is 14.4 Å². The Balaban J connectivity index is 1.74. The predicted molar refractivity (Wildman–Crippen MR) is 110 cm³/mol. The second kappa shape index (κ2) is 8.15. The van der Waals surface area contributed by atoms with Gasteiger partial charge < -0.3 is 14.4 Å². The van der Waals surface area contributed by atoms with Crippen molar-refractivity contribution in [3.8, 4) is 11.5 Å². The molecule has 0 aromatic heterocycles. The first-order valence-corrected chi connectivity index (χ1v) is 10.0. The molecule has 0 unspecified atom stereocenters. The van der Waals surface area contributed by atoms with E-state index in [0.717, 1.165) is 31.2 Å². The zero-order chi connectivity index (χ0) is 20.4. The fraction of sp³-hybridized carbons (Fsp3) is 0.391. The van der Waals surface area contributed by atoms with Gasteiger partial charge in [-0.15, -0.1) is 0 Å². The van der Waals surface area contributed by atoms with Gasteiger partial charge in [0.2, 0.25) is 5.91 Å². The smallest absolute Gasteiger partial charge is 0.251 e. The Hall–Kier alpha value is -3.02. The molecule has 1 saturated heterocycles. The number of hydrogen-bond acceptors (Lipinski definition) is 4. The first-order chi connectivity index (χ1) is 14.1. The second-order valence-corrected chi connectivity index (χ2v) is 7.54. The van der Waals surface area contributed by atoms with Crippen LogP contribution in [0.2, 0.25) is 0 Å². The first kappa shape index (κ1) is 19.3. The first-order valence-electron chi connectivity index (χ1n) is 10.0. The summed E-state index contributed by atoms with van der Waals surface area (Å²) >= 11 is 0. The van der Waals surface area contributed by atoms with E-state index in [4.69, 9.17) is 9.47 Å². The van der Waals surface area contributed by atoms with Crippen LogP contribution in [0.25, 0.3) is 0 Å². The maximum atomic E-state index is 13.6. The molecule has 1 heterocycles. The summed E-state index contributed by atoms with van der Waals surface area (Å²) in [5, 5.41) is 0. The summed E-state index contributed by atoms with van der Waals surface area (Å²) in [7, 11) is 3.21. The lowest BCUT2D eigenvalue weighted by atomic mass is 9.98. The van der Waals surface area contributed by atoms with E-state index in [1.54, 1.807) is 24.0 Å². The topological polar surface area (TPSA) is 59.1 Å². The van der Waals surface area contributed by atoms with Crippen LogP contribution >= 0.6 is 0 Å². The van der Waals surface area contributed by atoms with E-state index in [-0.39, 0.29) is 24.4 Å². The third-order valence-electron chi connectivity index (χ3n) is 5.90. The monoisotopic (exact) mass is 394 g/mol. The van der Waals surface area contributed by atoms with Crippen LogP contribution in [0.5, 0.6) is 11.5 Å². The van der Waals surface area contributed by atoms with Gasteiger partial charge in [0, 0.05) is 11.7 Å². The zero-order valence-electron chi connectivity index (χ0n) is 16.8. The average molecular weight is 394 g/mol. The normalized spacial score (nSPS) is 20.3. The van der Waals surface area contributed by atoms with E-state index >= 15 is 0 Å². The fourth-order valence-electron chi connectivity index (χ4n) is 4.35. The van der Waals surface area contributed by atoms with Gasteiger partial charge in [-0.3, -0.25) is 14.5 Å². The number of ether oxygens (including phenoxy) is 2. The van der Waals surface area contributed by atoms with Gasteiger partial charge in [-0.05, 0) is 54.8 Å². The molecule has 6 heteroatoms. The predicted octanol–water partition coefficient (Wildman–Crippen LogP) is 3.56. The van der Waals surface area contributed by atoms with Crippen molar-refractivity contribution in [3.63, 3.8) is 0 Å². The molecule has 1 saturated carbocycles.